The Kier molecular flexibility index (Phi) is 7.69. The molecule has 0 saturated carbocycles. The van der Waals surface area contributed by atoms with Gasteiger partial charge in [0.2, 0.25) is 0 Å². The summed E-state index contributed by atoms with van der Waals surface area (Å²) in [5.41, 5.74) is 1.33. The first kappa shape index (κ1) is 25.4. The summed E-state index contributed by atoms with van der Waals surface area (Å²) in [6, 6.07) is 11.5. The average molecular weight is 496 g/mol. The standard InChI is InChI=1S/C30H22F6/c1-2-3-4-5-6-18-7-10-20(24(31)13-18)11-8-19-9-12-23(25(32)14-19)21-15-22-17-27(34)29(35)30(36)28(22)26(33)16-21/h7,9-10,12-17H,2-6H2,1H3. The lowest BCUT2D eigenvalue weighted by Gasteiger charge is -2.09. The van der Waals surface area contributed by atoms with Gasteiger partial charge in [-0.05, 0) is 71.8 Å². The topological polar surface area (TPSA) is 0 Å². The van der Waals surface area contributed by atoms with Gasteiger partial charge in [-0.15, -0.1) is 0 Å². The monoisotopic (exact) mass is 496 g/mol. The molecule has 0 amide bonds. The van der Waals surface area contributed by atoms with E-state index < -0.39 is 40.3 Å². The van der Waals surface area contributed by atoms with Gasteiger partial charge in [-0.1, -0.05) is 50.2 Å². The zero-order valence-electron chi connectivity index (χ0n) is 19.5. The van der Waals surface area contributed by atoms with Crippen molar-refractivity contribution >= 4 is 10.8 Å². The van der Waals surface area contributed by atoms with Gasteiger partial charge < -0.3 is 0 Å². The van der Waals surface area contributed by atoms with E-state index in [2.05, 4.69) is 18.8 Å². The van der Waals surface area contributed by atoms with E-state index in [1.54, 1.807) is 6.07 Å². The van der Waals surface area contributed by atoms with Gasteiger partial charge >= 0.3 is 0 Å². The van der Waals surface area contributed by atoms with Gasteiger partial charge in [0.25, 0.3) is 0 Å². The van der Waals surface area contributed by atoms with Gasteiger partial charge in [0, 0.05) is 11.1 Å². The van der Waals surface area contributed by atoms with Gasteiger partial charge in [-0.25, -0.2) is 26.3 Å². The maximum Gasteiger partial charge on any atom is 0.195 e. The first-order valence-corrected chi connectivity index (χ1v) is 11.7. The molecule has 0 aliphatic heterocycles. The van der Waals surface area contributed by atoms with Crippen molar-refractivity contribution in [3.05, 3.63) is 106 Å². The lowest BCUT2D eigenvalue weighted by molar-refractivity contribution is 0.451. The van der Waals surface area contributed by atoms with Crippen molar-refractivity contribution in [2.45, 2.75) is 39.0 Å². The zero-order chi connectivity index (χ0) is 25.8. The third kappa shape index (κ3) is 5.41. The van der Waals surface area contributed by atoms with Crippen LogP contribution in [0, 0.1) is 46.7 Å². The highest BCUT2D eigenvalue weighted by atomic mass is 19.2. The Morgan fingerprint density at radius 2 is 1.44 bits per heavy atom. The molecule has 36 heavy (non-hydrogen) atoms. The van der Waals surface area contributed by atoms with Crippen LogP contribution < -0.4 is 0 Å². The summed E-state index contributed by atoms with van der Waals surface area (Å²) in [6.45, 7) is 2.13. The minimum Gasteiger partial charge on any atom is -0.206 e. The normalized spacial score (nSPS) is 11.0. The summed E-state index contributed by atoms with van der Waals surface area (Å²) in [5.74, 6) is -1.83. The molecule has 0 heterocycles. The SMILES string of the molecule is CCCCCCc1ccc(C#Cc2ccc(-c3cc(F)c4c(F)c(F)c(F)cc4c3)c(F)c2)c(F)c1. The number of fused-ring (bicyclic) bond motifs is 1. The average Bonchev–Trinajstić information content (AvgIpc) is 2.84. The van der Waals surface area contributed by atoms with E-state index in [0.717, 1.165) is 49.8 Å². The van der Waals surface area contributed by atoms with E-state index in [4.69, 9.17) is 0 Å². The van der Waals surface area contributed by atoms with Crippen LogP contribution in [0.2, 0.25) is 0 Å². The molecule has 4 aromatic rings. The molecule has 0 atom stereocenters. The molecule has 0 spiro atoms. The van der Waals surface area contributed by atoms with Crippen molar-refractivity contribution in [1.29, 1.82) is 0 Å². The Morgan fingerprint density at radius 3 is 2.17 bits per heavy atom. The highest BCUT2D eigenvalue weighted by Gasteiger charge is 2.18. The lowest BCUT2D eigenvalue weighted by atomic mass is 9.98. The summed E-state index contributed by atoms with van der Waals surface area (Å²) < 4.78 is 84.8. The van der Waals surface area contributed by atoms with Crippen LogP contribution in [0.3, 0.4) is 0 Å². The number of hydrogen-bond acceptors (Lipinski definition) is 0. The fourth-order valence-corrected chi connectivity index (χ4v) is 4.08. The van der Waals surface area contributed by atoms with Crippen LogP contribution in [0.25, 0.3) is 21.9 Å². The van der Waals surface area contributed by atoms with E-state index in [9.17, 15) is 26.3 Å². The van der Waals surface area contributed by atoms with Gasteiger partial charge in [-0.2, -0.15) is 0 Å². The number of aryl methyl sites for hydroxylation is 1. The van der Waals surface area contributed by atoms with Gasteiger partial charge in [0.05, 0.1) is 10.9 Å². The Bertz CT molecular complexity index is 1490. The third-order valence-corrected chi connectivity index (χ3v) is 6.00. The van der Waals surface area contributed by atoms with E-state index in [1.165, 1.54) is 24.3 Å². The molecule has 0 aliphatic carbocycles. The van der Waals surface area contributed by atoms with Crippen LogP contribution in [0.15, 0.2) is 54.6 Å². The van der Waals surface area contributed by atoms with E-state index in [0.29, 0.717) is 6.07 Å². The number of unbranched alkanes of at least 4 members (excludes halogenated alkanes) is 3. The molecule has 0 fully saturated rings. The molecule has 184 valence electrons. The third-order valence-electron chi connectivity index (χ3n) is 6.00. The molecular weight excluding hydrogens is 474 g/mol. The summed E-state index contributed by atoms with van der Waals surface area (Å²) >= 11 is 0. The van der Waals surface area contributed by atoms with Crippen LogP contribution in [0.5, 0.6) is 0 Å². The Hall–Kier alpha value is -3.72. The highest BCUT2D eigenvalue weighted by Crippen LogP contribution is 2.32. The largest absolute Gasteiger partial charge is 0.206 e. The number of benzene rings is 4. The maximum absolute atomic E-state index is 14.8. The summed E-state index contributed by atoms with van der Waals surface area (Å²) in [5, 5.41) is -0.955. The quantitative estimate of drug-likeness (QED) is 0.108. The molecule has 0 aromatic heterocycles. The van der Waals surface area contributed by atoms with Crippen molar-refractivity contribution in [2.75, 3.05) is 0 Å². The smallest absolute Gasteiger partial charge is 0.195 e. The molecule has 6 heteroatoms. The first-order valence-electron chi connectivity index (χ1n) is 11.7. The number of halogens is 6. The molecule has 0 saturated heterocycles. The zero-order valence-corrected chi connectivity index (χ0v) is 19.5. The predicted molar refractivity (Wildman–Crippen MR) is 129 cm³/mol. The van der Waals surface area contributed by atoms with Crippen molar-refractivity contribution in [3.63, 3.8) is 0 Å². The minimum atomic E-state index is -1.78. The van der Waals surface area contributed by atoms with Crippen molar-refractivity contribution < 1.29 is 26.3 Å². The maximum atomic E-state index is 14.8. The summed E-state index contributed by atoms with van der Waals surface area (Å²) in [7, 11) is 0. The predicted octanol–water partition coefficient (Wildman–Crippen LogP) is 8.86. The first-order chi connectivity index (χ1) is 17.3. The molecule has 0 nitrogen and oxygen atoms in total. The second kappa shape index (κ2) is 10.9. The highest BCUT2D eigenvalue weighted by molar-refractivity contribution is 5.88. The summed E-state index contributed by atoms with van der Waals surface area (Å²) in [6.07, 6.45) is 5.16. The number of rotatable bonds is 6. The molecule has 0 N–H and O–H groups in total. The van der Waals surface area contributed by atoms with Crippen LogP contribution in [0.4, 0.5) is 26.3 Å². The molecular formula is C30H22F6. The fraction of sp³-hybridized carbons (Fsp3) is 0.200. The molecule has 4 rings (SSSR count). The second-order valence-electron chi connectivity index (χ2n) is 8.61. The minimum absolute atomic E-state index is 0.0167. The molecule has 0 unspecified atom stereocenters. The second-order valence-corrected chi connectivity index (χ2v) is 8.61. The van der Waals surface area contributed by atoms with E-state index in [1.807, 2.05) is 6.07 Å². The Morgan fingerprint density at radius 1 is 0.639 bits per heavy atom. The molecule has 0 bridgehead atoms. The van der Waals surface area contributed by atoms with Gasteiger partial charge in [0.1, 0.15) is 17.5 Å². The van der Waals surface area contributed by atoms with Gasteiger partial charge in [-0.3, -0.25) is 0 Å². The Balaban J connectivity index is 1.58. The van der Waals surface area contributed by atoms with Crippen LogP contribution in [-0.2, 0) is 6.42 Å². The van der Waals surface area contributed by atoms with Crippen LogP contribution in [0.1, 0.15) is 49.3 Å². The van der Waals surface area contributed by atoms with Crippen molar-refractivity contribution in [2.24, 2.45) is 0 Å². The van der Waals surface area contributed by atoms with E-state index >= 15 is 0 Å². The molecule has 0 radical (unpaired) electrons. The van der Waals surface area contributed by atoms with Crippen LogP contribution in [-0.4, -0.2) is 0 Å². The lowest BCUT2D eigenvalue weighted by Crippen LogP contribution is -1.96. The Labute approximate surface area is 205 Å². The van der Waals surface area contributed by atoms with E-state index in [-0.39, 0.29) is 27.6 Å². The van der Waals surface area contributed by atoms with Gasteiger partial charge in [0.15, 0.2) is 17.5 Å². The molecule has 0 aliphatic rings. The summed E-state index contributed by atoms with van der Waals surface area (Å²) in [4.78, 5) is 0. The fourth-order valence-electron chi connectivity index (χ4n) is 4.08. The molecule has 4 aromatic carbocycles. The number of hydrogen-bond donors (Lipinski definition) is 0. The van der Waals surface area contributed by atoms with Crippen molar-refractivity contribution in [3.8, 4) is 23.0 Å². The van der Waals surface area contributed by atoms with Crippen LogP contribution >= 0.6 is 0 Å². The van der Waals surface area contributed by atoms with Crippen molar-refractivity contribution in [1.82, 2.24) is 0 Å².